The number of anilines is 2. The smallest absolute Gasteiger partial charge is 0.263 e. The first-order chi connectivity index (χ1) is 13.7. The van der Waals surface area contributed by atoms with Crippen molar-refractivity contribution in [1.82, 2.24) is 4.98 Å². The van der Waals surface area contributed by atoms with Gasteiger partial charge in [0.05, 0.1) is 20.0 Å². The molecule has 2 aromatic carbocycles. The fourth-order valence-electron chi connectivity index (χ4n) is 2.12. The van der Waals surface area contributed by atoms with Crippen molar-refractivity contribution in [3.8, 4) is 5.75 Å². The Morgan fingerprint density at radius 3 is 2.41 bits per heavy atom. The summed E-state index contributed by atoms with van der Waals surface area (Å²) in [4.78, 5) is 16.0. The highest BCUT2D eigenvalue weighted by molar-refractivity contribution is 7.93. The van der Waals surface area contributed by atoms with Crippen molar-refractivity contribution in [2.45, 2.75) is 4.90 Å². The summed E-state index contributed by atoms with van der Waals surface area (Å²) >= 11 is 18.9. The Morgan fingerprint density at radius 1 is 1.07 bits per heavy atom. The maximum atomic E-state index is 12.3. The van der Waals surface area contributed by atoms with Crippen LogP contribution in [0.2, 0.25) is 15.1 Å². The number of nitrogens with one attached hydrogen (secondary N) is 2. The van der Waals surface area contributed by atoms with Gasteiger partial charge in [0.15, 0.2) is 11.7 Å². The second kappa shape index (κ2) is 9.19. The van der Waals surface area contributed by atoms with Crippen LogP contribution < -0.4 is 14.8 Å². The van der Waals surface area contributed by atoms with Crippen LogP contribution in [0.1, 0.15) is 0 Å². The molecule has 0 aliphatic rings. The predicted molar refractivity (Wildman–Crippen MR) is 115 cm³/mol. The van der Waals surface area contributed by atoms with E-state index in [0.717, 1.165) is 11.3 Å². The Hall–Kier alpha value is -2.04. The molecular weight excluding hydrogens is 481 g/mol. The van der Waals surface area contributed by atoms with Gasteiger partial charge >= 0.3 is 0 Å². The number of amides is 1. The third-order valence-corrected chi connectivity index (χ3v) is 6.63. The molecule has 0 aliphatic carbocycles. The fourth-order valence-corrected chi connectivity index (χ4v) is 4.50. The lowest BCUT2D eigenvalue weighted by molar-refractivity contribution is -0.118. The van der Waals surface area contributed by atoms with Gasteiger partial charge in [0.1, 0.15) is 5.75 Å². The van der Waals surface area contributed by atoms with E-state index in [-0.39, 0.29) is 37.5 Å². The molecule has 0 spiro atoms. The number of ether oxygens (including phenoxy) is 1. The van der Waals surface area contributed by atoms with Gasteiger partial charge in [-0.25, -0.2) is 13.4 Å². The number of sulfonamides is 1. The molecule has 0 unspecified atom stereocenters. The van der Waals surface area contributed by atoms with E-state index >= 15 is 0 Å². The Bertz CT molecular complexity index is 1120. The van der Waals surface area contributed by atoms with Gasteiger partial charge in [0.2, 0.25) is 0 Å². The minimum absolute atomic E-state index is 0.0320. The minimum Gasteiger partial charge on any atom is -0.482 e. The van der Waals surface area contributed by atoms with Crippen LogP contribution in [0.25, 0.3) is 0 Å². The Morgan fingerprint density at radius 2 is 1.76 bits per heavy atom. The van der Waals surface area contributed by atoms with Gasteiger partial charge in [-0.05, 0) is 30.3 Å². The van der Waals surface area contributed by atoms with Crippen molar-refractivity contribution in [3.05, 3.63) is 63.0 Å². The first-order valence-electron chi connectivity index (χ1n) is 7.84. The predicted octanol–water partition coefficient (Wildman–Crippen LogP) is 4.92. The summed E-state index contributed by atoms with van der Waals surface area (Å²) in [6, 6.07) is 8.47. The third kappa shape index (κ3) is 5.74. The molecule has 1 amide bonds. The van der Waals surface area contributed by atoms with Gasteiger partial charge in [0, 0.05) is 23.3 Å². The molecule has 1 heterocycles. The van der Waals surface area contributed by atoms with Gasteiger partial charge in [0.25, 0.3) is 15.9 Å². The van der Waals surface area contributed by atoms with E-state index in [4.69, 9.17) is 39.5 Å². The number of hydrogen-bond donors (Lipinski definition) is 2. The average Bonchev–Trinajstić information content (AvgIpc) is 3.16. The van der Waals surface area contributed by atoms with Crippen LogP contribution in [0.5, 0.6) is 5.75 Å². The number of carbonyl (C=O) groups is 1. The molecular formula is C17H12Cl3N3O4S2. The van der Waals surface area contributed by atoms with Crippen LogP contribution >= 0.6 is 46.1 Å². The van der Waals surface area contributed by atoms with Crippen molar-refractivity contribution in [3.63, 3.8) is 0 Å². The molecule has 7 nitrogen and oxygen atoms in total. The molecule has 3 aromatic rings. The lowest BCUT2D eigenvalue weighted by Crippen LogP contribution is -2.20. The lowest BCUT2D eigenvalue weighted by Gasteiger charge is -2.10. The molecule has 0 fully saturated rings. The first-order valence-corrected chi connectivity index (χ1v) is 11.3. The SMILES string of the molecule is O=C(COc1cc(Cl)c(Cl)cc1Cl)Nc1ccc(S(=O)(=O)Nc2nccs2)cc1. The van der Waals surface area contributed by atoms with E-state index in [2.05, 4.69) is 15.0 Å². The number of thiazole rings is 1. The largest absolute Gasteiger partial charge is 0.482 e. The molecule has 12 heteroatoms. The maximum absolute atomic E-state index is 12.3. The molecule has 3 rings (SSSR count). The van der Waals surface area contributed by atoms with Gasteiger partial charge in [-0.1, -0.05) is 34.8 Å². The highest BCUT2D eigenvalue weighted by atomic mass is 35.5. The van der Waals surface area contributed by atoms with Crippen molar-refractivity contribution in [1.29, 1.82) is 0 Å². The minimum atomic E-state index is -3.76. The lowest BCUT2D eigenvalue weighted by atomic mass is 10.3. The highest BCUT2D eigenvalue weighted by Gasteiger charge is 2.16. The van der Waals surface area contributed by atoms with Crippen LogP contribution in [0.3, 0.4) is 0 Å². The Balaban J connectivity index is 1.59. The quantitative estimate of drug-likeness (QED) is 0.456. The van der Waals surface area contributed by atoms with Crippen LogP contribution in [-0.4, -0.2) is 25.9 Å². The number of halogens is 3. The van der Waals surface area contributed by atoms with Crippen molar-refractivity contribution >= 4 is 72.9 Å². The van der Waals surface area contributed by atoms with E-state index in [1.165, 1.54) is 42.6 Å². The number of hydrogen-bond acceptors (Lipinski definition) is 6. The van der Waals surface area contributed by atoms with E-state index in [1.54, 1.807) is 5.38 Å². The number of nitrogens with zero attached hydrogens (tertiary/aromatic N) is 1. The molecule has 0 aliphatic heterocycles. The van der Waals surface area contributed by atoms with Gasteiger partial charge in [-0.15, -0.1) is 11.3 Å². The van der Waals surface area contributed by atoms with Crippen molar-refractivity contribution in [2.24, 2.45) is 0 Å². The molecule has 0 saturated carbocycles. The number of rotatable bonds is 7. The maximum Gasteiger partial charge on any atom is 0.263 e. The van der Waals surface area contributed by atoms with Crippen molar-refractivity contribution < 1.29 is 17.9 Å². The Kier molecular flexibility index (Phi) is 6.86. The van der Waals surface area contributed by atoms with Crippen LogP contribution in [0, 0.1) is 0 Å². The summed E-state index contributed by atoms with van der Waals surface area (Å²) < 4.78 is 32.3. The molecule has 0 saturated heterocycles. The van der Waals surface area contributed by atoms with E-state index in [0.29, 0.717) is 5.69 Å². The number of carbonyl (C=O) groups excluding carboxylic acids is 1. The van der Waals surface area contributed by atoms with E-state index < -0.39 is 15.9 Å². The molecule has 0 bridgehead atoms. The zero-order valence-corrected chi connectivity index (χ0v) is 18.3. The monoisotopic (exact) mass is 491 g/mol. The second-order valence-electron chi connectivity index (χ2n) is 5.50. The summed E-state index contributed by atoms with van der Waals surface area (Å²) in [6.45, 7) is -0.330. The molecule has 152 valence electrons. The van der Waals surface area contributed by atoms with Crippen LogP contribution in [-0.2, 0) is 14.8 Å². The Labute approximate surface area is 185 Å². The van der Waals surface area contributed by atoms with E-state index in [9.17, 15) is 13.2 Å². The van der Waals surface area contributed by atoms with Crippen LogP contribution in [0.15, 0.2) is 52.9 Å². The van der Waals surface area contributed by atoms with Gasteiger partial charge in [-0.2, -0.15) is 0 Å². The summed E-state index contributed by atoms with van der Waals surface area (Å²) in [6.07, 6.45) is 1.49. The molecule has 29 heavy (non-hydrogen) atoms. The second-order valence-corrected chi connectivity index (χ2v) is 9.30. The van der Waals surface area contributed by atoms with Crippen molar-refractivity contribution in [2.75, 3.05) is 16.6 Å². The topological polar surface area (TPSA) is 97.4 Å². The third-order valence-electron chi connectivity index (χ3n) is 3.44. The summed E-state index contributed by atoms with van der Waals surface area (Å²) in [7, 11) is -3.76. The standard InChI is InChI=1S/C17H12Cl3N3O4S2/c18-12-7-14(20)15(8-13(12)19)27-9-16(24)22-10-1-3-11(4-2-10)29(25,26)23-17-21-5-6-28-17/h1-8H,9H2,(H,21,23)(H,22,24). The van der Waals surface area contributed by atoms with Gasteiger partial charge < -0.3 is 10.1 Å². The zero-order chi connectivity index (χ0) is 21.0. The van der Waals surface area contributed by atoms with Crippen LogP contribution in [0.4, 0.5) is 10.8 Å². The first kappa shape index (κ1) is 21.7. The normalized spacial score (nSPS) is 11.1. The molecule has 1 aromatic heterocycles. The number of aromatic nitrogens is 1. The summed E-state index contributed by atoms with van der Waals surface area (Å²) in [5.74, 6) is -0.255. The summed E-state index contributed by atoms with van der Waals surface area (Å²) in [5, 5.41) is 5.24. The average molecular weight is 493 g/mol. The molecule has 2 N–H and O–H groups in total. The highest BCUT2D eigenvalue weighted by Crippen LogP contribution is 2.33. The molecule has 0 atom stereocenters. The molecule has 0 radical (unpaired) electrons. The number of benzene rings is 2. The van der Waals surface area contributed by atoms with Gasteiger partial charge in [-0.3, -0.25) is 9.52 Å². The van der Waals surface area contributed by atoms with E-state index in [1.807, 2.05) is 0 Å². The summed E-state index contributed by atoms with van der Waals surface area (Å²) in [5.41, 5.74) is 0.395. The fraction of sp³-hybridized carbons (Fsp3) is 0.0588. The zero-order valence-electron chi connectivity index (χ0n) is 14.4.